The standard InChI is InChI=1S/C28H31N3/c1-3-30(21-23-12-6-5-7-13-23)19-18-28(22-29)20-24-14-8-10-16-26(24)31(4-2)27-17-11-9-15-25(27)28/h5-17H,3-4,18-21H2,1-2H3. The van der Waals surface area contributed by atoms with Gasteiger partial charge in [0.25, 0.3) is 0 Å². The maximum absolute atomic E-state index is 10.6. The number of hydrogen-bond donors (Lipinski definition) is 0. The van der Waals surface area contributed by atoms with E-state index in [0.717, 1.165) is 44.6 Å². The maximum atomic E-state index is 10.6. The minimum atomic E-state index is -0.541. The Labute approximate surface area is 186 Å². The fourth-order valence-corrected chi connectivity index (χ4v) is 4.85. The first-order valence-corrected chi connectivity index (χ1v) is 11.3. The van der Waals surface area contributed by atoms with Gasteiger partial charge in [0.1, 0.15) is 0 Å². The monoisotopic (exact) mass is 409 g/mol. The lowest BCUT2D eigenvalue weighted by atomic mass is 9.74. The zero-order valence-corrected chi connectivity index (χ0v) is 18.6. The van der Waals surface area contributed by atoms with Crippen molar-refractivity contribution in [2.45, 2.75) is 38.6 Å². The molecular formula is C28H31N3. The topological polar surface area (TPSA) is 30.3 Å². The minimum absolute atomic E-state index is 0.541. The fourth-order valence-electron chi connectivity index (χ4n) is 4.85. The Hall–Kier alpha value is -3.09. The van der Waals surface area contributed by atoms with Gasteiger partial charge in [0.2, 0.25) is 0 Å². The van der Waals surface area contributed by atoms with E-state index in [2.05, 4.69) is 109 Å². The van der Waals surface area contributed by atoms with Crippen molar-refractivity contribution in [1.29, 1.82) is 5.26 Å². The highest BCUT2D eigenvalue weighted by Crippen LogP contribution is 2.45. The third-order valence-electron chi connectivity index (χ3n) is 6.57. The zero-order valence-electron chi connectivity index (χ0n) is 18.6. The smallest absolute Gasteiger partial charge is 0.0895 e. The van der Waals surface area contributed by atoms with Gasteiger partial charge in [-0.3, -0.25) is 4.90 Å². The first-order chi connectivity index (χ1) is 15.2. The Kier molecular flexibility index (Phi) is 6.39. The highest BCUT2D eigenvalue weighted by molar-refractivity contribution is 5.74. The van der Waals surface area contributed by atoms with Crippen molar-refractivity contribution < 1.29 is 0 Å². The summed E-state index contributed by atoms with van der Waals surface area (Å²) in [5.41, 5.74) is 5.59. The second-order valence-corrected chi connectivity index (χ2v) is 8.37. The van der Waals surface area contributed by atoms with Crippen molar-refractivity contribution in [3.8, 4) is 6.07 Å². The summed E-state index contributed by atoms with van der Waals surface area (Å²) in [5.74, 6) is 0. The lowest BCUT2D eigenvalue weighted by Crippen LogP contribution is -2.34. The summed E-state index contributed by atoms with van der Waals surface area (Å²) in [4.78, 5) is 4.82. The van der Waals surface area contributed by atoms with Gasteiger partial charge in [-0.2, -0.15) is 5.26 Å². The average molecular weight is 410 g/mol. The quantitative estimate of drug-likeness (QED) is 0.474. The first kappa shape index (κ1) is 21.2. The molecule has 3 aromatic rings. The number of hydrogen-bond acceptors (Lipinski definition) is 3. The first-order valence-electron chi connectivity index (χ1n) is 11.3. The van der Waals surface area contributed by atoms with E-state index >= 15 is 0 Å². The molecule has 0 aliphatic carbocycles. The van der Waals surface area contributed by atoms with Crippen LogP contribution in [0.1, 0.15) is 37.0 Å². The van der Waals surface area contributed by atoms with Crippen molar-refractivity contribution >= 4 is 11.4 Å². The van der Waals surface area contributed by atoms with Crippen molar-refractivity contribution in [2.24, 2.45) is 0 Å². The van der Waals surface area contributed by atoms with E-state index in [1.54, 1.807) is 0 Å². The lowest BCUT2D eigenvalue weighted by Gasteiger charge is -2.31. The molecule has 3 nitrogen and oxygen atoms in total. The van der Waals surface area contributed by atoms with Gasteiger partial charge >= 0.3 is 0 Å². The average Bonchev–Trinajstić information content (AvgIpc) is 2.95. The highest BCUT2D eigenvalue weighted by Gasteiger charge is 2.39. The molecule has 1 aliphatic heterocycles. The van der Waals surface area contributed by atoms with Gasteiger partial charge in [-0.25, -0.2) is 0 Å². The molecule has 4 rings (SSSR count). The van der Waals surface area contributed by atoms with Crippen LogP contribution in [0.3, 0.4) is 0 Å². The Morgan fingerprint density at radius 1 is 0.903 bits per heavy atom. The van der Waals surface area contributed by atoms with Gasteiger partial charge in [-0.1, -0.05) is 73.7 Å². The van der Waals surface area contributed by atoms with Crippen LogP contribution in [0.4, 0.5) is 11.4 Å². The summed E-state index contributed by atoms with van der Waals surface area (Å²) in [7, 11) is 0. The summed E-state index contributed by atoms with van der Waals surface area (Å²) < 4.78 is 0. The van der Waals surface area contributed by atoms with E-state index in [9.17, 15) is 5.26 Å². The summed E-state index contributed by atoms with van der Waals surface area (Å²) in [6, 6.07) is 30.5. The van der Waals surface area contributed by atoms with Gasteiger partial charge in [0.15, 0.2) is 0 Å². The van der Waals surface area contributed by atoms with Crippen molar-refractivity contribution in [3.63, 3.8) is 0 Å². The summed E-state index contributed by atoms with van der Waals surface area (Å²) >= 11 is 0. The highest BCUT2D eigenvalue weighted by atomic mass is 15.1. The number of rotatable bonds is 7. The minimum Gasteiger partial charge on any atom is -0.341 e. The van der Waals surface area contributed by atoms with Crippen LogP contribution in [0.25, 0.3) is 0 Å². The van der Waals surface area contributed by atoms with Crippen molar-refractivity contribution in [2.75, 3.05) is 24.5 Å². The molecule has 158 valence electrons. The molecule has 1 aliphatic rings. The van der Waals surface area contributed by atoms with E-state index in [-0.39, 0.29) is 0 Å². The van der Waals surface area contributed by atoms with Crippen LogP contribution in [0.5, 0.6) is 0 Å². The van der Waals surface area contributed by atoms with E-state index < -0.39 is 5.41 Å². The zero-order chi connectivity index (χ0) is 21.7. The SMILES string of the molecule is CCN(CCC1(C#N)Cc2ccccc2N(CC)c2ccccc21)Cc1ccccc1. The third kappa shape index (κ3) is 4.22. The lowest BCUT2D eigenvalue weighted by molar-refractivity contribution is 0.255. The molecule has 0 saturated carbocycles. The molecule has 1 heterocycles. The number of para-hydroxylation sites is 2. The largest absolute Gasteiger partial charge is 0.341 e. The van der Waals surface area contributed by atoms with E-state index in [1.165, 1.54) is 22.5 Å². The van der Waals surface area contributed by atoms with Crippen molar-refractivity contribution in [3.05, 3.63) is 95.6 Å². The summed E-state index contributed by atoms with van der Waals surface area (Å²) in [6.07, 6.45) is 1.56. The predicted molar refractivity (Wildman–Crippen MR) is 129 cm³/mol. The van der Waals surface area contributed by atoms with Crippen LogP contribution in [-0.2, 0) is 18.4 Å². The molecule has 0 amide bonds. The molecule has 0 bridgehead atoms. The Morgan fingerprint density at radius 3 is 2.29 bits per heavy atom. The molecule has 3 aromatic carbocycles. The molecule has 0 spiro atoms. The second kappa shape index (κ2) is 9.37. The molecule has 31 heavy (non-hydrogen) atoms. The molecule has 0 fully saturated rings. The maximum Gasteiger partial charge on any atom is 0.0895 e. The van der Waals surface area contributed by atoms with Gasteiger partial charge in [-0.15, -0.1) is 0 Å². The number of anilines is 2. The molecule has 1 unspecified atom stereocenters. The van der Waals surface area contributed by atoms with Crippen LogP contribution in [0, 0.1) is 11.3 Å². The van der Waals surface area contributed by atoms with Crippen LogP contribution < -0.4 is 4.90 Å². The van der Waals surface area contributed by atoms with Crippen LogP contribution in [-0.4, -0.2) is 24.5 Å². The summed E-state index contributed by atoms with van der Waals surface area (Å²) in [6.45, 7) is 8.04. The molecule has 0 saturated heterocycles. The number of nitriles is 1. The van der Waals surface area contributed by atoms with Crippen LogP contribution in [0.15, 0.2) is 78.9 Å². The Morgan fingerprint density at radius 2 is 1.58 bits per heavy atom. The van der Waals surface area contributed by atoms with Crippen LogP contribution >= 0.6 is 0 Å². The molecule has 1 atom stereocenters. The van der Waals surface area contributed by atoms with Gasteiger partial charge in [0, 0.05) is 31.0 Å². The van der Waals surface area contributed by atoms with Gasteiger partial charge in [-0.05, 0) is 55.1 Å². The molecule has 0 N–H and O–H groups in total. The second-order valence-electron chi connectivity index (χ2n) is 8.37. The number of benzene rings is 3. The summed E-state index contributed by atoms with van der Waals surface area (Å²) in [5, 5.41) is 10.6. The normalized spacial score (nSPS) is 17.5. The third-order valence-corrected chi connectivity index (χ3v) is 6.57. The predicted octanol–water partition coefficient (Wildman–Crippen LogP) is 6.07. The molecule has 0 radical (unpaired) electrons. The van der Waals surface area contributed by atoms with Crippen molar-refractivity contribution in [1.82, 2.24) is 4.90 Å². The molecule has 3 heteroatoms. The molecule has 0 aromatic heterocycles. The van der Waals surface area contributed by atoms with E-state index in [4.69, 9.17) is 0 Å². The molecular weight excluding hydrogens is 378 g/mol. The van der Waals surface area contributed by atoms with Gasteiger partial charge < -0.3 is 4.90 Å². The number of fused-ring (bicyclic) bond motifs is 2. The van der Waals surface area contributed by atoms with E-state index in [1.807, 2.05) is 0 Å². The van der Waals surface area contributed by atoms with E-state index in [0.29, 0.717) is 0 Å². The fraction of sp³-hybridized carbons (Fsp3) is 0.321. The van der Waals surface area contributed by atoms with Gasteiger partial charge in [0.05, 0.1) is 11.5 Å². The van der Waals surface area contributed by atoms with Crippen LogP contribution in [0.2, 0.25) is 0 Å². The Balaban J connectivity index is 1.69. The Bertz CT molecular complexity index is 1050. The number of nitrogens with zero attached hydrogens (tertiary/aromatic N) is 3.